The summed E-state index contributed by atoms with van der Waals surface area (Å²) in [6, 6.07) is 6.49. The fourth-order valence-corrected chi connectivity index (χ4v) is 2.03. The standard InChI is InChI=1S/C15H12F3N3O/c1-9-10(2)20-21(14(22)13(9)7-19)8-11-4-3-5-12(6-11)15(16,17)18/h3-6H,8H2,1-2H3. The number of nitriles is 1. The van der Waals surface area contributed by atoms with Crippen molar-refractivity contribution in [1.82, 2.24) is 9.78 Å². The summed E-state index contributed by atoms with van der Waals surface area (Å²) in [6.45, 7) is 3.12. The first-order chi connectivity index (χ1) is 10.2. The van der Waals surface area contributed by atoms with Crippen LogP contribution in [0.4, 0.5) is 13.2 Å². The summed E-state index contributed by atoms with van der Waals surface area (Å²) in [6.07, 6.45) is -4.45. The highest BCUT2D eigenvalue weighted by atomic mass is 19.4. The molecular formula is C15H12F3N3O. The fourth-order valence-electron chi connectivity index (χ4n) is 2.03. The summed E-state index contributed by atoms with van der Waals surface area (Å²) >= 11 is 0. The van der Waals surface area contributed by atoms with Crippen molar-refractivity contribution in [2.75, 3.05) is 0 Å². The van der Waals surface area contributed by atoms with Crippen molar-refractivity contribution in [3.63, 3.8) is 0 Å². The largest absolute Gasteiger partial charge is 0.416 e. The van der Waals surface area contributed by atoms with Crippen molar-refractivity contribution in [2.24, 2.45) is 0 Å². The first-order valence-corrected chi connectivity index (χ1v) is 6.38. The van der Waals surface area contributed by atoms with E-state index in [1.165, 1.54) is 12.1 Å². The van der Waals surface area contributed by atoms with Crippen LogP contribution in [0.2, 0.25) is 0 Å². The quantitative estimate of drug-likeness (QED) is 0.857. The number of aromatic nitrogens is 2. The van der Waals surface area contributed by atoms with E-state index >= 15 is 0 Å². The van der Waals surface area contributed by atoms with E-state index in [0.717, 1.165) is 16.8 Å². The number of alkyl halides is 3. The second-order valence-electron chi connectivity index (χ2n) is 4.86. The highest BCUT2D eigenvalue weighted by Gasteiger charge is 2.30. The van der Waals surface area contributed by atoms with Crippen molar-refractivity contribution < 1.29 is 13.2 Å². The van der Waals surface area contributed by atoms with Crippen molar-refractivity contribution in [1.29, 1.82) is 5.26 Å². The second-order valence-corrected chi connectivity index (χ2v) is 4.86. The van der Waals surface area contributed by atoms with E-state index < -0.39 is 17.3 Å². The van der Waals surface area contributed by atoms with Crippen LogP contribution in [0.1, 0.15) is 27.9 Å². The molecule has 0 spiro atoms. The highest BCUT2D eigenvalue weighted by Crippen LogP contribution is 2.29. The molecule has 4 nitrogen and oxygen atoms in total. The van der Waals surface area contributed by atoms with Gasteiger partial charge in [-0.15, -0.1) is 0 Å². The number of benzene rings is 1. The molecule has 2 aromatic rings. The van der Waals surface area contributed by atoms with E-state index in [0.29, 0.717) is 11.3 Å². The zero-order chi connectivity index (χ0) is 16.5. The van der Waals surface area contributed by atoms with Crippen LogP contribution in [0.25, 0.3) is 0 Å². The van der Waals surface area contributed by atoms with Gasteiger partial charge in [0.15, 0.2) is 0 Å². The van der Waals surface area contributed by atoms with Gasteiger partial charge >= 0.3 is 6.18 Å². The molecule has 0 saturated carbocycles. The Morgan fingerprint density at radius 3 is 2.59 bits per heavy atom. The smallest absolute Gasteiger partial charge is 0.266 e. The minimum absolute atomic E-state index is 0.0422. The maximum absolute atomic E-state index is 12.7. The molecule has 0 amide bonds. The average molecular weight is 307 g/mol. The Balaban J connectivity index is 2.47. The van der Waals surface area contributed by atoms with Crippen LogP contribution in [0, 0.1) is 25.2 Å². The van der Waals surface area contributed by atoms with E-state index in [1.807, 2.05) is 6.07 Å². The van der Waals surface area contributed by atoms with Gasteiger partial charge in [0.1, 0.15) is 11.6 Å². The number of hydrogen-bond acceptors (Lipinski definition) is 3. The molecule has 0 atom stereocenters. The third-order valence-electron chi connectivity index (χ3n) is 3.34. The number of aryl methyl sites for hydroxylation is 1. The van der Waals surface area contributed by atoms with Crippen LogP contribution < -0.4 is 5.56 Å². The molecule has 2 rings (SSSR count). The Kier molecular flexibility index (Phi) is 4.04. The average Bonchev–Trinajstić information content (AvgIpc) is 2.45. The first-order valence-electron chi connectivity index (χ1n) is 6.38. The molecule has 1 aromatic heterocycles. The minimum atomic E-state index is -4.45. The molecule has 0 unspecified atom stereocenters. The van der Waals surface area contributed by atoms with Gasteiger partial charge < -0.3 is 0 Å². The van der Waals surface area contributed by atoms with Crippen LogP contribution >= 0.6 is 0 Å². The zero-order valence-corrected chi connectivity index (χ0v) is 11.9. The molecule has 22 heavy (non-hydrogen) atoms. The van der Waals surface area contributed by atoms with Crippen LogP contribution in [0.5, 0.6) is 0 Å². The van der Waals surface area contributed by atoms with Crippen LogP contribution in [0.15, 0.2) is 29.1 Å². The first kappa shape index (κ1) is 15.8. The van der Waals surface area contributed by atoms with Gasteiger partial charge in [-0.05, 0) is 37.1 Å². The van der Waals surface area contributed by atoms with E-state index in [1.54, 1.807) is 13.8 Å². The maximum atomic E-state index is 12.7. The highest BCUT2D eigenvalue weighted by molar-refractivity contribution is 5.36. The van der Waals surface area contributed by atoms with E-state index in [4.69, 9.17) is 5.26 Å². The Morgan fingerprint density at radius 1 is 1.32 bits per heavy atom. The van der Waals surface area contributed by atoms with Crippen LogP contribution in [-0.4, -0.2) is 9.78 Å². The van der Waals surface area contributed by atoms with E-state index in [9.17, 15) is 18.0 Å². The lowest BCUT2D eigenvalue weighted by Crippen LogP contribution is -2.28. The Labute approximate surface area is 124 Å². The molecule has 0 N–H and O–H groups in total. The molecule has 0 aliphatic carbocycles. The Bertz CT molecular complexity index is 816. The molecule has 114 valence electrons. The third kappa shape index (κ3) is 3.01. The van der Waals surface area contributed by atoms with Gasteiger partial charge in [0.05, 0.1) is 17.8 Å². The lowest BCUT2D eigenvalue weighted by molar-refractivity contribution is -0.137. The van der Waals surface area contributed by atoms with Gasteiger partial charge in [-0.25, -0.2) is 4.68 Å². The van der Waals surface area contributed by atoms with Crippen molar-refractivity contribution >= 4 is 0 Å². The van der Waals surface area contributed by atoms with Crippen molar-refractivity contribution in [3.05, 3.63) is 62.6 Å². The molecule has 7 heteroatoms. The Morgan fingerprint density at radius 2 is 2.00 bits per heavy atom. The zero-order valence-electron chi connectivity index (χ0n) is 11.9. The van der Waals surface area contributed by atoms with Crippen LogP contribution in [0.3, 0.4) is 0 Å². The molecule has 0 aliphatic rings. The molecule has 0 bridgehead atoms. The number of hydrogen-bond donors (Lipinski definition) is 0. The second kappa shape index (κ2) is 5.64. The fraction of sp³-hybridized carbons (Fsp3) is 0.267. The van der Waals surface area contributed by atoms with Crippen molar-refractivity contribution in [2.45, 2.75) is 26.6 Å². The molecule has 1 heterocycles. The normalized spacial score (nSPS) is 11.3. The molecule has 0 saturated heterocycles. The van der Waals surface area contributed by atoms with Gasteiger partial charge in [0.2, 0.25) is 0 Å². The Hall–Kier alpha value is -2.62. The summed E-state index contributed by atoms with van der Waals surface area (Å²) in [5.41, 5.74) is -0.183. The van der Waals surface area contributed by atoms with Gasteiger partial charge in [-0.1, -0.05) is 12.1 Å². The lowest BCUT2D eigenvalue weighted by atomic mass is 10.1. The minimum Gasteiger partial charge on any atom is -0.266 e. The van der Waals surface area contributed by atoms with Crippen LogP contribution in [-0.2, 0) is 12.7 Å². The predicted molar refractivity (Wildman–Crippen MR) is 73.2 cm³/mol. The maximum Gasteiger partial charge on any atom is 0.416 e. The van der Waals surface area contributed by atoms with Gasteiger partial charge in [-0.3, -0.25) is 4.79 Å². The van der Waals surface area contributed by atoms with Gasteiger partial charge in [0, 0.05) is 0 Å². The lowest BCUT2D eigenvalue weighted by Gasteiger charge is -2.11. The van der Waals surface area contributed by atoms with Crippen molar-refractivity contribution in [3.8, 4) is 6.07 Å². The van der Waals surface area contributed by atoms with Gasteiger partial charge in [-0.2, -0.15) is 23.5 Å². The molecule has 0 fully saturated rings. The number of nitrogens with zero attached hydrogens (tertiary/aromatic N) is 3. The molecule has 0 aliphatic heterocycles. The number of halogens is 3. The SMILES string of the molecule is Cc1nn(Cc2cccc(C(F)(F)F)c2)c(=O)c(C#N)c1C. The summed E-state index contributed by atoms with van der Waals surface area (Å²) < 4.78 is 39.1. The molecule has 1 aromatic carbocycles. The van der Waals surface area contributed by atoms with Gasteiger partial charge in [0.25, 0.3) is 5.56 Å². The summed E-state index contributed by atoms with van der Waals surface area (Å²) in [5, 5.41) is 13.1. The molecule has 0 radical (unpaired) electrons. The monoisotopic (exact) mass is 307 g/mol. The summed E-state index contributed by atoms with van der Waals surface area (Å²) in [5.74, 6) is 0. The summed E-state index contributed by atoms with van der Waals surface area (Å²) in [7, 11) is 0. The summed E-state index contributed by atoms with van der Waals surface area (Å²) in [4.78, 5) is 12.1. The topological polar surface area (TPSA) is 58.7 Å². The van der Waals surface area contributed by atoms with E-state index in [-0.39, 0.29) is 17.7 Å². The third-order valence-corrected chi connectivity index (χ3v) is 3.34. The molecular weight excluding hydrogens is 295 g/mol. The van der Waals surface area contributed by atoms with E-state index in [2.05, 4.69) is 5.10 Å². The predicted octanol–water partition coefficient (Wildman–Crippen LogP) is 2.80. The number of rotatable bonds is 2.